The van der Waals surface area contributed by atoms with Crippen LogP contribution in [0.4, 0.5) is 0 Å². The second-order valence-electron chi connectivity index (χ2n) is 9.88. The van der Waals surface area contributed by atoms with Crippen molar-refractivity contribution in [3.63, 3.8) is 0 Å². The zero-order chi connectivity index (χ0) is 29.0. The van der Waals surface area contributed by atoms with Gasteiger partial charge in [-0.2, -0.15) is 4.31 Å². The standard InChI is InChI=1S/C30H30N4O6S/c1-20-17-22(25-9-5-6-10-27(25)31-20)19-40-23-13-11-21(12-14-23)29(35)32-28-15-16-34(18-26(28)30(36)33-37)41(38,39)24-7-3-2-4-8-24/h2-14,17,26,28,37H,15-16,18-19H2,1H3,(H,32,35)(H,33,36)/t26-,28+/m0/s1. The Kier molecular flexibility index (Phi) is 8.29. The van der Waals surface area contributed by atoms with Gasteiger partial charge in [-0.05, 0) is 61.9 Å². The number of para-hydroxylation sites is 1. The lowest BCUT2D eigenvalue weighted by molar-refractivity contribution is -0.135. The Morgan fingerprint density at radius 1 is 1.02 bits per heavy atom. The fourth-order valence-corrected chi connectivity index (χ4v) is 6.53. The summed E-state index contributed by atoms with van der Waals surface area (Å²) in [7, 11) is -3.84. The maximum Gasteiger partial charge on any atom is 0.251 e. The van der Waals surface area contributed by atoms with Gasteiger partial charge in [-0.25, -0.2) is 13.9 Å². The first-order valence-electron chi connectivity index (χ1n) is 13.1. The van der Waals surface area contributed by atoms with Crippen molar-refractivity contribution in [1.82, 2.24) is 20.1 Å². The second-order valence-corrected chi connectivity index (χ2v) is 11.8. The molecule has 2 atom stereocenters. The Morgan fingerprint density at radius 2 is 1.73 bits per heavy atom. The molecule has 5 rings (SSSR count). The van der Waals surface area contributed by atoms with Crippen LogP contribution in [0.5, 0.6) is 5.75 Å². The highest BCUT2D eigenvalue weighted by Gasteiger charge is 2.40. The molecular formula is C30H30N4O6S. The maximum atomic E-state index is 13.1. The molecule has 1 fully saturated rings. The zero-order valence-electron chi connectivity index (χ0n) is 22.4. The fraction of sp³-hybridized carbons (Fsp3) is 0.233. The molecular weight excluding hydrogens is 544 g/mol. The van der Waals surface area contributed by atoms with Crippen LogP contribution in [0.15, 0.2) is 89.8 Å². The third-order valence-corrected chi connectivity index (χ3v) is 9.04. The highest BCUT2D eigenvalue weighted by molar-refractivity contribution is 7.89. The molecule has 1 aromatic heterocycles. The van der Waals surface area contributed by atoms with Crippen LogP contribution >= 0.6 is 0 Å². The van der Waals surface area contributed by atoms with E-state index in [1.165, 1.54) is 16.4 Å². The predicted molar refractivity (Wildman–Crippen MR) is 152 cm³/mol. The molecule has 1 aliphatic rings. The molecule has 0 saturated carbocycles. The van der Waals surface area contributed by atoms with E-state index in [2.05, 4.69) is 10.3 Å². The van der Waals surface area contributed by atoms with Crippen molar-refractivity contribution >= 4 is 32.7 Å². The van der Waals surface area contributed by atoms with Gasteiger partial charge in [0.05, 0.1) is 16.3 Å². The van der Waals surface area contributed by atoms with E-state index >= 15 is 0 Å². The van der Waals surface area contributed by atoms with Crippen LogP contribution in [0.3, 0.4) is 0 Å². The second kappa shape index (κ2) is 12.0. The molecule has 0 spiro atoms. The van der Waals surface area contributed by atoms with Gasteiger partial charge in [0.25, 0.3) is 5.91 Å². The van der Waals surface area contributed by atoms with Gasteiger partial charge >= 0.3 is 0 Å². The Balaban J connectivity index is 1.24. The number of ether oxygens (including phenoxy) is 1. The number of amides is 2. The highest BCUT2D eigenvalue weighted by atomic mass is 32.2. The normalized spacial score (nSPS) is 17.6. The van der Waals surface area contributed by atoms with Crippen molar-refractivity contribution in [2.45, 2.75) is 30.9 Å². The number of carbonyl (C=O) groups excluding carboxylic acids is 2. The van der Waals surface area contributed by atoms with Gasteiger partial charge in [0.1, 0.15) is 12.4 Å². The van der Waals surface area contributed by atoms with Crippen LogP contribution in [0, 0.1) is 12.8 Å². The van der Waals surface area contributed by atoms with Gasteiger partial charge in [0.15, 0.2) is 0 Å². The molecule has 1 saturated heterocycles. The molecule has 0 radical (unpaired) electrons. The number of hydrogen-bond acceptors (Lipinski definition) is 7. The minimum absolute atomic E-state index is 0.104. The van der Waals surface area contributed by atoms with E-state index in [9.17, 15) is 23.2 Å². The first-order chi connectivity index (χ1) is 19.8. The predicted octanol–water partition coefficient (Wildman–Crippen LogP) is 3.44. The topological polar surface area (TPSA) is 138 Å². The Bertz CT molecular complexity index is 1660. The number of aromatic nitrogens is 1. The quantitative estimate of drug-likeness (QED) is 0.217. The number of benzene rings is 3. The van der Waals surface area contributed by atoms with Gasteiger partial charge in [0.2, 0.25) is 15.9 Å². The van der Waals surface area contributed by atoms with Gasteiger partial charge in [-0.15, -0.1) is 0 Å². The van der Waals surface area contributed by atoms with Gasteiger partial charge in [-0.3, -0.25) is 19.8 Å². The Labute approximate surface area is 238 Å². The molecule has 4 aromatic rings. The number of hydrogen-bond donors (Lipinski definition) is 3. The summed E-state index contributed by atoms with van der Waals surface area (Å²) in [5.41, 5.74) is 4.75. The molecule has 212 valence electrons. The lowest BCUT2D eigenvalue weighted by Crippen LogP contribution is -2.56. The molecule has 10 nitrogen and oxygen atoms in total. The zero-order valence-corrected chi connectivity index (χ0v) is 23.2. The lowest BCUT2D eigenvalue weighted by atomic mass is 9.92. The molecule has 2 heterocycles. The van der Waals surface area contributed by atoms with Crippen LogP contribution in [0.25, 0.3) is 10.9 Å². The van der Waals surface area contributed by atoms with Crippen LogP contribution < -0.4 is 15.5 Å². The van der Waals surface area contributed by atoms with Gasteiger partial charge < -0.3 is 10.1 Å². The van der Waals surface area contributed by atoms with Crippen molar-refractivity contribution < 1.29 is 28.0 Å². The summed E-state index contributed by atoms with van der Waals surface area (Å²) < 4.78 is 33.3. The number of pyridine rings is 1. The number of carbonyl (C=O) groups is 2. The molecule has 11 heteroatoms. The SMILES string of the molecule is Cc1cc(COc2ccc(C(=O)N[C@@H]3CCN(S(=O)(=O)c4ccccc4)C[C@@H]3C(=O)NO)cc2)c2ccccc2n1. The number of rotatable bonds is 8. The van der Waals surface area contributed by atoms with Crippen molar-refractivity contribution in [3.8, 4) is 5.75 Å². The van der Waals surface area contributed by atoms with Crippen molar-refractivity contribution in [1.29, 1.82) is 0 Å². The molecule has 41 heavy (non-hydrogen) atoms. The van der Waals surface area contributed by atoms with Gasteiger partial charge in [0, 0.05) is 41.3 Å². The summed E-state index contributed by atoms with van der Waals surface area (Å²) in [6.07, 6.45) is 0.191. The molecule has 3 N–H and O–H groups in total. The molecule has 3 aromatic carbocycles. The number of sulfonamides is 1. The van der Waals surface area contributed by atoms with Crippen LogP contribution in [-0.2, 0) is 21.4 Å². The Hall–Kier alpha value is -4.32. The average Bonchev–Trinajstić information content (AvgIpc) is 3.00. The third-order valence-electron chi connectivity index (χ3n) is 7.16. The summed E-state index contributed by atoms with van der Waals surface area (Å²) in [4.78, 5) is 30.2. The number of hydroxylamine groups is 1. The van der Waals surface area contributed by atoms with E-state index < -0.39 is 33.8 Å². The summed E-state index contributed by atoms with van der Waals surface area (Å²) in [6.45, 7) is 2.18. The van der Waals surface area contributed by atoms with Crippen LogP contribution in [0.1, 0.15) is 28.0 Å². The number of fused-ring (bicyclic) bond motifs is 1. The summed E-state index contributed by atoms with van der Waals surface area (Å²) in [6, 6.07) is 23.7. The van der Waals surface area contributed by atoms with E-state index in [0.717, 1.165) is 22.2 Å². The van der Waals surface area contributed by atoms with Crippen molar-refractivity contribution in [3.05, 3.63) is 102 Å². The third kappa shape index (κ3) is 6.22. The first kappa shape index (κ1) is 28.2. The van der Waals surface area contributed by atoms with Crippen LogP contribution in [0.2, 0.25) is 0 Å². The number of nitrogens with zero attached hydrogens (tertiary/aromatic N) is 2. The summed E-state index contributed by atoms with van der Waals surface area (Å²) >= 11 is 0. The summed E-state index contributed by atoms with van der Waals surface area (Å²) in [5, 5.41) is 13.1. The minimum atomic E-state index is -3.84. The smallest absolute Gasteiger partial charge is 0.251 e. The van der Waals surface area contributed by atoms with E-state index in [0.29, 0.717) is 17.9 Å². The summed E-state index contributed by atoms with van der Waals surface area (Å²) in [5.74, 6) is -1.60. The van der Waals surface area contributed by atoms with Crippen molar-refractivity contribution in [2.24, 2.45) is 5.92 Å². The molecule has 1 aliphatic heterocycles. The maximum absolute atomic E-state index is 13.1. The number of aryl methyl sites for hydroxylation is 1. The van der Waals surface area contributed by atoms with Gasteiger partial charge in [-0.1, -0.05) is 36.4 Å². The van der Waals surface area contributed by atoms with E-state index in [4.69, 9.17) is 4.74 Å². The first-order valence-corrected chi connectivity index (χ1v) is 14.6. The monoisotopic (exact) mass is 574 g/mol. The molecule has 2 amide bonds. The lowest BCUT2D eigenvalue weighted by Gasteiger charge is -2.37. The minimum Gasteiger partial charge on any atom is -0.489 e. The van der Waals surface area contributed by atoms with E-state index in [1.54, 1.807) is 47.9 Å². The molecule has 0 aliphatic carbocycles. The average molecular weight is 575 g/mol. The fourth-order valence-electron chi connectivity index (χ4n) is 5.03. The molecule has 0 unspecified atom stereocenters. The van der Waals surface area contributed by atoms with E-state index in [-0.39, 0.29) is 24.4 Å². The van der Waals surface area contributed by atoms with Crippen LogP contribution in [-0.4, -0.2) is 53.9 Å². The Morgan fingerprint density at radius 3 is 2.46 bits per heavy atom. The van der Waals surface area contributed by atoms with E-state index in [1.807, 2.05) is 37.3 Å². The highest BCUT2D eigenvalue weighted by Crippen LogP contribution is 2.25. The molecule has 0 bridgehead atoms. The number of nitrogens with one attached hydrogen (secondary N) is 2. The largest absolute Gasteiger partial charge is 0.489 e. The number of piperidine rings is 1. The van der Waals surface area contributed by atoms with Crippen molar-refractivity contribution in [2.75, 3.05) is 13.1 Å².